The maximum absolute atomic E-state index is 12.3. The van der Waals surface area contributed by atoms with Crippen molar-refractivity contribution in [3.05, 3.63) is 50.9 Å². The van der Waals surface area contributed by atoms with Crippen LogP contribution in [0.1, 0.15) is 23.7 Å². The number of fused-ring (bicyclic) bond motifs is 1. The molecule has 7 heteroatoms. The van der Waals surface area contributed by atoms with Crippen LogP contribution in [0.3, 0.4) is 0 Å². The quantitative estimate of drug-likeness (QED) is 0.864. The first-order chi connectivity index (χ1) is 10.9. The number of carbonyl (C=O) groups is 1. The number of hydrogen-bond donors (Lipinski definition) is 1. The normalized spacial score (nSPS) is 16.2. The Morgan fingerprint density at radius 1 is 1.43 bits per heavy atom. The van der Waals surface area contributed by atoms with E-state index in [9.17, 15) is 9.59 Å². The smallest absolute Gasteiger partial charge is 0.254 e. The van der Waals surface area contributed by atoms with Gasteiger partial charge in [0.25, 0.3) is 5.56 Å². The Bertz CT molecular complexity index is 835. The van der Waals surface area contributed by atoms with Gasteiger partial charge in [-0.3, -0.25) is 14.2 Å². The summed E-state index contributed by atoms with van der Waals surface area (Å²) in [7, 11) is 0. The van der Waals surface area contributed by atoms with Gasteiger partial charge in [-0.15, -0.1) is 0 Å². The van der Waals surface area contributed by atoms with Gasteiger partial charge in [0.05, 0.1) is 6.04 Å². The molecule has 5 nitrogen and oxygen atoms in total. The third-order valence-electron chi connectivity index (χ3n) is 3.69. The zero-order chi connectivity index (χ0) is 16.6. The van der Waals surface area contributed by atoms with E-state index in [-0.39, 0.29) is 23.9 Å². The van der Waals surface area contributed by atoms with Gasteiger partial charge in [-0.2, -0.15) is 0 Å². The van der Waals surface area contributed by atoms with E-state index >= 15 is 0 Å². The number of aryl methyl sites for hydroxylation is 2. The number of anilines is 1. The van der Waals surface area contributed by atoms with Gasteiger partial charge in [0, 0.05) is 34.6 Å². The number of halogens is 1. The Labute approximate surface area is 143 Å². The fraction of sp³-hybridized carbons (Fsp3) is 0.312. The highest BCUT2D eigenvalue weighted by Gasteiger charge is 2.27. The van der Waals surface area contributed by atoms with E-state index in [4.69, 9.17) is 11.6 Å². The SMILES string of the molecule is Cc1cc(=O)n2c(n1)SC[C@H]2CC(=O)Nc1ccc(C)c(Cl)c1. The van der Waals surface area contributed by atoms with Gasteiger partial charge in [0.15, 0.2) is 5.16 Å². The van der Waals surface area contributed by atoms with E-state index in [1.165, 1.54) is 17.8 Å². The van der Waals surface area contributed by atoms with Crippen LogP contribution in [0.4, 0.5) is 5.69 Å². The molecule has 1 amide bonds. The third kappa shape index (κ3) is 3.43. The van der Waals surface area contributed by atoms with Crippen molar-refractivity contribution in [2.45, 2.75) is 31.5 Å². The van der Waals surface area contributed by atoms with Crippen LogP contribution in [0.5, 0.6) is 0 Å². The number of rotatable bonds is 3. The molecule has 1 atom stereocenters. The predicted molar refractivity (Wildman–Crippen MR) is 92.4 cm³/mol. The Balaban J connectivity index is 1.73. The van der Waals surface area contributed by atoms with Gasteiger partial charge in [0.2, 0.25) is 5.91 Å². The van der Waals surface area contributed by atoms with Crippen LogP contribution in [0, 0.1) is 13.8 Å². The molecule has 2 heterocycles. The molecule has 1 N–H and O–H groups in total. The molecule has 1 aliphatic heterocycles. The first-order valence-electron chi connectivity index (χ1n) is 7.23. The van der Waals surface area contributed by atoms with Gasteiger partial charge in [-0.05, 0) is 31.5 Å². The monoisotopic (exact) mass is 349 g/mol. The van der Waals surface area contributed by atoms with Crippen LogP contribution in [-0.2, 0) is 4.79 Å². The van der Waals surface area contributed by atoms with Crippen LogP contribution in [0.15, 0.2) is 34.2 Å². The summed E-state index contributed by atoms with van der Waals surface area (Å²) in [4.78, 5) is 28.7. The number of nitrogens with zero attached hydrogens (tertiary/aromatic N) is 2. The lowest BCUT2D eigenvalue weighted by atomic mass is 10.2. The molecule has 0 saturated heterocycles. The van der Waals surface area contributed by atoms with E-state index < -0.39 is 0 Å². The molecule has 0 spiro atoms. The van der Waals surface area contributed by atoms with Crippen LogP contribution >= 0.6 is 23.4 Å². The standard InChI is InChI=1S/C16H16ClN3O2S/c1-9-3-4-11(6-13(9)17)19-14(21)7-12-8-23-16-18-10(2)5-15(22)20(12)16/h3-6,12H,7-8H2,1-2H3,(H,19,21)/t12-/m1/s1. The van der Waals surface area contributed by atoms with Crippen LogP contribution in [0.2, 0.25) is 5.02 Å². The van der Waals surface area contributed by atoms with Crippen molar-refractivity contribution in [3.63, 3.8) is 0 Å². The first kappa shape index (κ1) is 16.1. The minimum absolute atomic E-state index is 0.103. The molecule has 0 saturated carbocycles. The predicted octanol–water partition coefficient (Wildman–Crippen LogP) is 3.19. The van der Waals surface area contributed by atoms with Crippen LogP contribution in [-0.4, -0.2) is 21.2 Å². The summed E-state index contributed by atoms with van der Waals surface area (Å²) in [5.74, 6) is 0.532. The molecule has 0 bridgehead atoms. The Hall–Kier alpha value is -1.79. The third-order valence-corrected chi connectivity index (χ3v) is 5.20. The molecule has 1 aromatic carbocycles. The number of benzene rings is 1. The van der Waals surface area contributed by atoms with Gasteiger partial charge in [-0.25, -0.2) is 4.98 Å². The van der Waals surface area contributed by atoms with E-state index in [0.717, 1.165) is 5.56 Å². The highest BCUT2D eigenvalue weighted by molar-refractivity contribution is 7.99. The van der Waals surface area contributed by atoms with E-state index in [2.05, 4.69) is 10.3 Å². The van der Waals surface area contributed by atoms with Crippen molar-refractivity contribution >= 4 is 35.0 Å². The average molecular weight is 350 g/mol. The van der Waals surface area contributed by atoms with Crippen molar-refractivity contribution in [2.75, 3.05) is 11.1 Å². The molecule has 3 rings (SSSR count). The molecule has 0 unspecified atom stereocenters. The van der Waals surface area contributed by atoms with Crippen molar-refractivity contribution in [1.29, 1.82) is 0 Å². The summed E-state index contributed by atoms with van der Waals surface area (Å²) in [6.07, 6.45) is 0.232. The van der Waals surface area contributed by atoms with Crippen molar-refractivity contribution in [2.24, 2.45) is 0 Å². The number of carbonyl (C=O) groups excluding carboxylic acids is 1. The summed E-state index contributed by atoms with van der Waals surface area (Å²) < 4.78 is 1.61. The zero-order valence-electron chi connectivity index (χ0n) is 12.8. The van der Waals surface area contributed by atoms with Crippen LogP contribution < -0.4 is 10.9 Å². The number of hydrogen-bond acceptors (Lipinski definition) is 4. The summed E-state index contributed by atoms with van der Waals surface area (Å²) >= 11 is 7.57. The second-order valence-corrected chi connectivity index (χ2v) is 6.96. The molecule has 1 aliphatic rings. The van der Waals surface area contributed by atoms with Crippen molar-refractivity contribution < 1.29 is 4.79 Å². The molecule has 120 valence electrons. The second kappa shape index (κ2) is 6.37. The Kier molecular flexibility index (Phi) is 4.46. The molecular weight excluding hydrogens is 334 g/mol. The lowest BCUT2D eigenvalue weighted by Gasteiger charge is -2.13. The fourth-order valence-corrected chi connectivity index (χ4v) is 3.89. The van der Waals surface area contributed by atoms with Crippen molar-refractivity contribution in [1.82, 2.24) is 9.55 Å². The number of thioether (sulfide) groups is 1. The summed E-state index contributed by atoms with van der Waals surface area (Å²) in [5, 5.41) is 4.13. The number of amides is 1. The molecule has 0 fully saturated rings. The Morgan fingerprint density at radius 2 is 2.22 bits per heavy atom. The molecule has 0 aliphatic carbocycles. The van der Waals surface area contributed by atoms with Gasteiger partial charge < -0.3 is 5.32 Å². The molecule has 0 radical (unpaired) electrons. The van der Waals surface area contributed by atoms with Crippen molar-refractivity contribution in [3.8, 4) is 0 Å². The zero-order valence-corrected chi connectivity index (χ0v) is 14.4. The lowest BCUT2D eigenvalue weighted by molar-refractivity contribution is -0.116. The molecular formula is C16H16ClN3O2S. The lowest BCUT2D eigenvalue weighted by Crippen LogP contribution is -2.27. The summed E-state index contributed by atoms with van der Waals surface area (Å²) in [6, 6.07) is 6.73. The molecule has 2 aromatic rings. The number of nitrogens with one attached hydrogen (secondary N) is 1. The molecule has 23 heavy (non-hydrogen) atoms. The van der Waals surface area contributed by atoms with Gasteiger partial charge >= 0.3 is 0 Å². The van der Waals surface area contributed by atoms with Gasteiger partial charge in [-0.1, -0.05) is 29.4 Å². The molecule has 1 aromatic heterocycles. The maximum Gasteiger partial charge on any atom is 0.254 e. The highest BCUT2D eigenvalue weighted by atomic mass is 35.5. The van der Waals surface area contributed by atoms with Crippen LogP contribution in [0.25, 0.3) is 0 Å². The first-order valence-corrected chi connectivity index (χ1v) is 8.59. The fourth-order valence-electron chi connectivity index (χ4n) is 2.51. The highest BCUT2D eigenvalue weighted by Crippen LogP contribution is 2.32. The summed E-state index contributed by atoms with van der Waals surface area (Å²) in [6.45, 7) is 3.70. The minimum atomic E-state index is -0.170. The second-order valence-electron chi connectivity index (χ2n) is 5.57. The topological polar surface area (TPSA) is 64.0 Å². The minimum Gasteiger partial charge on any atom is -0.326 e. The van der Waals surface area contributed by atoms with E-state index in [1.54, 1.807) is 17.6 Å². The summed E-state index contributed by atoms with van der Waals surface area (Å²) in [5.41, 5.74) is 2.21. The maximum atomic E-state index is 12.3. The Morgan fingerprint density at radius 3 is 2.96 bits per heavy atom. The van der Waals surface area contributed by atoms with E-state index in [0.29, 0.717) is 27.3 Å². The van der Waals surface area contributed by atoms with Gasteiger partial charge in [0.1, 0.15) is 0 Å². The average Bonchev–Trinajstić information content (AvgIpc) is 2.85. The van der Waals surface area contributed by atoms with E-state index in [1.807, 2.05) is 19.1 Å². The number of aromatic nitrogens is 2. The largest absolute Gasteiger partial charge is 0.326 e.